The summed E-state index contributed by atoms with van der Waals surface area (Å²) in [5.41, 5.74) is 3.48. The van der Waals surface area contributed by atoms with Gasteiger partial charge in [0.2, 0.25) is 0 Å². The highest BCUT2D eigenvalue weighted by Gasteiger charge is 2.32. The summed E-state index contributed by atoms with van der Waals surface area (Å²) in [6.07, 6.45) is 1.04. The van der Waals surface area contributed by atoms with Gasteiger partial charge >= 0.3 is 0 Å². The number of benzene rings is 1. The zero-order chi connectivity index (χ0) is 17.6. The van der Waals surface area contributed by atoms with Gasteiger partial charge in [0.25, 0.3) is 0 Å². The highest BCUT2D eigenvalue weighted by molar-refractivity contribution is 6.30. The van der Waals surface area contributed by atoms with Crippen molar-refractivity contribution in [2.75, 3.05) is 6.54 Å². The van der Waals surface area contributed by atoms with Crippen molar-refractivity contribution in [3.05, 3.63) is 58.2 Å². The summed E-state index contributed by atoms with van der Waals surface area (Å²) in [6.45, 7) is 3.47. The van der Waals surface area contributed by atoms with Crippen molar-refractivity contribution in [1.29, 1.82) is 0 Å². The lowest BCUT2D eigenvalue weighted by Crippen LogP contribution is -2.40. The standard InChI is InChI=1S/C18H18ClFN4O/c1-11-9-15(22-25-11)17-14(18(19)23(2)21-17)10-24-8-7-16(24)12-3-5-13(20)6-4-12/h3-6,9,16H,7-8,10H2,1-2H3. The SMILES string of the molecule is Cc1cc(-c2nn(C)c(Cl)c2CN2CCC2c2ccc(F)cc2)no1. The Morgan fingerprint density at radius 1 is 1.32 bits per heavy atom. The topological polar surface area (TPSA) is 47.1 Å². The van der Waals surface area contributed by atoms with Crippen LogP contribution in [0.25, 0.3) is 11.4 Å². The lowest BCUT2D eigenvalue weighted by molar-refractivity contribution is 0.0820. The van der Waals surface area contributed by atoms with E-state index in [0.29, 0.717) is 17.4 Å². The fourth-order valence-electron chi connectivity index (χ4n) is 3.27. The summed E-state index contributed by atoms with van der Waals surface area (Å²) in [5, 5.41) is 9.17. The van der Waals surface area contributed by atoms with Crippen LogP contribution in [0, 0.1) is 12.7 Å². The summed E-state index contributed by atoms with van der Waals surface area (Å²) in [7, 11) is 1.82. The Hall–Kier alpha value is -2.18. The van der Waals surface area contributed by atoms with Gasteiger partial charge in [-0.2, -0.15) is 5.10 Å². The monoisotopic (exact) mass is 360 g/mol. The van der Waals surface area contributed by atoms with Crippen LogP contribution in [0.1, 0.15) is 29.3 Å². The molecular weight excluding hydrogens is 343 g/mol. The van der Waals surface area contributed by atoms with Crippen LogP contribution < -0.4 is 0 Å². The van der Waals surface area contributed by atoms with Crippen molar-refractivity contribution >= 4 is 11.6 Å². The van der Waals surface area contributed by atoms with E-state index >= 15 is 0 Å². The Balaban J connectivity index is 1.61. The molecule has 0 amide bonds. The third kappa shape index (κ3) is 2.96. The van der Waals surface area contributed by atoms with E-state index in [2.05, 4.69) is 15.2 Å². The van der Waals surface area contributed by atoms with Crippen LogP contribution in [-0.2, 0) is 13.6 Å². The molecular formula is C18H18ClFN4O. The minimum absolute atomic E-state index is 0.214. The second kappa shape index (κ2) is 6.28. The molecule has 0 aliphatic carbocycles. The molecule has 25 heavy (non-hydrogen) atoms. The van der Waals surface area contributed by atoms with Crippen LogP contribution >= 0.6 is 11.6 Å². The molecule has 1 aliphatic heterocycles. The molecule has 3 aromatic rings. The third-order valence-electron chi connectivity index (χ3n) is 4.69. The van der Waals surface area contributed by atoms with Gasteiger partial charge in [0.05, 0.1) is 0 Å². The first kappa shape index (κ1) is 16.3. The molecule has 1 saturated heterocycles. The molecule has 1 aliphatic rings. The van der Waals surface area contributed by atoms with E-state index < -0.39 is 0 Å². The molecule has 1 fully saturated rings. The molecule has 2 aromatic heterocycles. The Bertz CT molecular complexity index is 902. The van der Waals surface area contributed by atoms with Crippen LogP contribution in [-0.4, -0.2) is 26.4 Å². The summed E-state index contributed by atoms with van der Waals surface area (Å²) in [5.74, 6) is 0.518. The van der Waals surface area contributed by atoms with E-state index in [1.165, 1.54) is 12.1 Å². The Kier molecular flexibility index (Phi) is 4.09. The maximum Gasteiger partial charge on any atom is 0.134 e. The molecule has 4 rings (SSSR count). The number of likely N-dealkylation sites (tertiary alicyclic amines) is 1. The number of aryl methyl sites for hydroxylation is 2. The molecule has 1 unspecified atom stereocenters. The number of aromatic nitrogens is 3. The van der Waals surface area contributed by atoms with E-state index in [1.54, 1.807) is 4.68 Å². The molecule has 0 spiro atoms. The second-order valence-corrected chi connectivity index (χ2v) is 6.75. The first-order chi connectivity index (χ1) is 12.0. The van der Waals surface area contributed by atoms with Gasteiger partial charge < -0.3 is 4.52 Å². The maximum absolute atomic E-state index is 13.2. The number of hydrogen-bond acceptors (Lipinski definition) is 4. The van der Waals surface area contributed by atoms with E-state index in [1.807, 2.05) is 32.2 Å². The highest BCUT2D eigenvalue weighted by atomic mass is 35.5. The van der Waals surface area contributed by atoms with Crippen LogP contribution in [0.2, 0.25) is 5.15 Å². The predicted molar refractivity (Wildman–Crippen MR) is 92.6 cm³/mol. The van der Waals surface area contributed by atoms with E-state index in [-0.39, 0.29) is 11.9 Å². The Labute approximate surface area is 150 Å². The van der Waals surface area contributed by atoms with Crippen molar-refractivity contribution in [1.82, 2.24) is 19.8 Å². The minimum atomic E-state index is -0.214. The zero-order valence-corrected chi connectivity index (χ0v) is 14.8. The quantitative estimate of drug-likeness (QED) is 0.702. The normalized spacial score (nSPS) is 17.7. The van der Waals surface area contributed by atoms with Gasteiger partial charge in [0.1, 0.15) is 28.1 Å². The first-order valence-corrected chi connectivity index (χ1v) is 8.55. The van der Waals surface area contributed by atoms with Gasteiger partial charge in [0, 0.05) is 37.8 Å². The van der Waals surface area contributed by atoms with Crippen molar-refractivity contribution in [3.8, 4) is 11.4 Å². The van der Waals surface area contributed by atoms with Gasteiger partial charge in [-0.05, 0) is 31.0 Å². The highest BCUT2D eigenvalue weighted by Crippen LogP contribution is 2.37. The molecule has 5 nitrogen and oxygen atoms in total. The number of rotatable bonds is 4. The lowest BCUT2D eigenvalue weighted by Gasteiger charge is -2.41. The van der Waals surface area contributed by atoms with E-state index in [4.69, 9.17) is 16.1 Å². The van der Waals surface area contributed by atoms with E-state index in [0.717, 1.165) is 35.5 Å². The van der Waals surface area contributed by atoms with Gasteiger partial charge in [0.15, 0.2) is 0 Å². The van der Waals surface area contributed by atoms with E-state index in [9.17, 15) is 4.39 Å². The van der Waals surface area contributed by atoms with Crippen molar-refractivity contribution in [2.24, 2.45) is 7.05 Å². The van der Waals surface area contributed by atoms with Gasteiger partial charge in [-0.15, -0.1) is 0 Å². The van der Waals surface area contributed by atoms with Gasteiger partial charge in [-0.1, -0.05) is 28.9 Å². The first-order valence-electron chi connectivity index (χ1n) is 8.17. The number of nitrogens with zero attached hydrogens (tertiary/aromatic N) is 4. The average Bonchev–Trinajstić information content (AvgIpc) is 3.11. The van der Waals surface area contributed by atoms with Crippen LogP contribution in [0.4, 0.5) is 4.39 Å². The number of hydrogen-bond donors (Lipinski definition) is 0. The number of halogens is 2. The van der Waals surface area contributed by atoms with Crippen molar-refractivity contribution in [3.63, 3.8) is 0 Å². The minimum Gasteiger partial charge on any atom is -0.361 e. The fourth-order valence-corrected chi connectivity index (χ4v) is 3.45. The third-order valence-corrected chi connectivity index (χ3v) is 5.16. The second-order valence-electron chi connectivity index (χ2n) is 6.39. The van der Waals surface area contributed by atoms with Gasteiger partial charge in [-0.3, -0.25) is 9.58 Å². The summed E-state index contributed by atoms with van der Waals surface area (Å²) < 4.78 is 20.0. The molecule has 0 N–H and O–H groups in total. The average molecular weight is 361 g/mol. The molecule has 3 heterocycles. The molecule has 1 atom stereocenters. The summed E-state index contributed by atoms with van der Waals surface area (Å²) in [6, 6.07) is 8.83. The van der Waals surface area contributed by atoms with Crippen molar-refractivity contribution in [2.45, 2.75) is 25.9 Å². The van der Waals surface area contributed by atoms with Crippen LogP contribution in [0.15, 0.2) is 34.9 Å². The Morgan fingerprint density at radius 3 is 2.68 bits per heavy atom. The lowest BCUT2D eigenvalue weighted by atomic mass is 9.94. The molecule has 0 saturated carbocycles. The molecule has 130 valence electrons. The zero-order valence-electron chi connectivity index (χ0n) is 14.0. The largest absolute Gasteiger partial charge is 0.361 e. The van der Waals surface area contributed by atoms with Crippen molar-refractivity contribution < 1.29 is 8.91 Å². The maximum atomic E-state index is 13.2. The Morgan fingerprint density at radius 2 is 2.08 bits per heavy atom. The molecule has 0 radical (unpaired) electrons. The summed E-state index contributed by atoms with van der Waals surface area (Å²) in [4.78, 5) is 2.31. The molecule has 0 bridgehead atoms. The smallest absolute Gasteiger partial charge is 0.134 e. The molecule has 7 heteroatoms. The predicted octanol–water partition coefficient (Wildman–Crippen LogP) is 4.12. The molecule has 1 aromatic carbocycles. The van der Waals surface area contributed by atoms with Crippen LogP contribution in [0.5, 0.6) is 0 Å². The fraction of sp³-hybridized carbons (Fsp3) is 0.333. The van der Waals surface area contributed by atoms with Crippen LogP contribution in [0.3, 0.4) is 0 Å². The van der Waals surface area contributed by atoms with Gasteiger partial charge in [-0.25, -0.2) is 4.39 Å². The summed E-state index contributed by atoms with van der Waals surface area (Å²) >= 11 is 6.48.